The van der Waals surface area contributed by atoms with E-state index < -0.39 is 12.0 Å². The summed E-state index contributed by atoms with van der Waals surface area (Å²) in [6.45, 7) is 7.76. The number of aliphatic carboxylic acids is 1. The summed E-state index contributed by atoms with van der Waals surface area (Å²) in [5.74, 6) is -0.469. The number of hydrogen-bond donors (Lipinski definition) is 2. The van der Waals surface area contributed by atoms with Gasteiger partial charge in [-0.3, -0.25) is 4.90 Å². The first-order valence-electron chi connectivity index (χ1n) is 7.45. The number of hydrogen-bond acceptors (Lipinski definition) is 4. The van der Waals surface area contributed by atoms with Gasteiger partial charge in [-0.2, -0.15) is 0 Å². The number of thioether (sulfide) groups is 1. The number of carbonyl (C=O) groups excluding carboxylic acids is 1. The zero-order valence-electron chi connectivity index (χ0n) is 13.3. The fraction of sp³-hybridized carbons (Fsp3) is 0.857. The number of amides is 2. The Hall–Kier alpha value is -0.950. The lowest BCUT2D eigenvalue weighted by Gasteiger charge is -2.25. The van der Waals surface area contributed by atoms with Gasteiger partial charge in [0.05, 0.1) is 5.37 Å². The second-order valence-corrected chi connectivity index (χ2v) is 7.06. The standard InChI is InChI=1S/C14H27N3O3S/c1-10(2)16(4)8-6-5-7-15-14(20)17-11(3)21-9-12(17)13(18)19/h10-12H,5-9H2,1-4H3,(H,15,20)(H,18,19). The van der Waals surface area contributed by atoms with Gasteiger partial charge in [0.1, 0.15) is 6.04 Å². The van der Waals surface area contributed by atoms with Crippen molar-refractivity contribution < 1.29 is 14.7 Å². The molecule has 2 unspecified atom stereocenters. The van der Waals surface area contributed by atoms with E-state index in [1.165, 1.54) is 16.7 Å². The summed E-state index contributed by atoms with van der Waals surface area (Å²) in [5, 5.41) is 11.9. The minimum atomic E-state index is -0.930. The Kier molecular flexibility index (Phi) is 7.31. The normalized spacial score (nSPS) is 22.1. The zero-order valence-corrected chi connectivity index (χ0v) is 14.2. The molecule has 0 aliphatic carbocycles. The molecule has 0 aromatic heterocycles. The molecule has 1 fully saturated rings. The number of carbonyl (C=O) groups is 2. The molecule has 1 aliphatic heterocycles. The van der Waals surface area contributed by atoms with Crippen molar-refractivity contribution in [2.24, 2.45) is 0 Å². The third kappa shape index (κ3) is 5.39. The van der Waals surface area contributed by atoms with Crippen LogP contribution >= 0.6 is 11.8 Å². The summed E-state index contributed by atoms with van der Waals surface area (Å²) >= 11 is 1.50. The van der Waals surface area contributed by atoms with Gasteiger partial charge in [0.2, 0.25) is 0 Å². The molecule has 0 aromatic carbocycles. The number of rotatable bonds is 7. The van der Waals surface area contributed by atoms with E-state index in [-0.39, 0.29) is 11.4 Å². The highest BCUT2D eigenvalue weighted by Crippen LogP contribution is 2.28. The highest BCUT2D eigenvalue weighted by Gasteiger charge is 2.39. The lowest BCUT2D eigenvalue weighted by atomic mass is 10.2. The molecular weight excluding hydrogens is 290 g/mol. The predicted molar refractivity (Wildman–Crippen MR) is 85.6 cm³/mol. The third-order valence-electron chi connectivity index (χ3n) is 3.84. The van der Waals surface area contributed by atoms with Crippen LogP contribution < -0.4 is 5.32 Å². The molecule has 7 heteroatoms. The molecule has 0 aromatic rings. The van der Waals surface area contributed by atoms with Gasteiger partial charge in [-0.15, -0.1) is 11.8 Å². The molecule has 122 valence electrons. The highest BCUT2D eigenvalue weighted by molar-refractivity contribution is 8.00. The summed E-state index contributed by atoms with van der Waals surface area (Å²) in [6, 6.07) is -0.451. The van der Waals surface area contributed by atoms with E-state index in [4.69, 9.17) is 5.11 Å². The van der Waals surface area contributed by atoms with Crippen molar-refractivity contribution in [3.63, 3.8) is 0 Å². The van der Waals surface area contributed by atoms with Gasteiger partial charge in [-0.25, -0.2) is 9.59 Å². The monoisotopic (exact) mass is 317 g/mol. The molecule has 1 heterocycles. The van der Waals surface area contributed by atoms with E-state index in [9.17, 15) is 9.59 Å². The van der Waals surface area contributed by atoms with Crippen molar-refractivity contribution in [1.82, 2.24) is 15.1 Å². The first-order valence-corrected chi connectivity index (χ1v) is 8.50. The fourth-order valence-corrected chi connectivity index (χ4v) is 3.34. The fourth-order valence-electron chi connectivity index (χ4n) is 2.17. The SMILES string of the molecule is CC(C)N(C)CCCCNC(=O)N1C(C)SCC1C(=O)O. The largest absolute Gasteiger partial charge is 0.480 e. The number of nitrogens with zero attached hydrogens (tertiary/aromatic N) is 2. The molecule has 1 saturated heterocycles. The van der Waals surface area contributed by atoms with Crippen molar-refractivity contribution in [3.05, 3.63) is 0 Å². The second-order valence-electron chi connectivity index (χ2n) is 5.71. The van der Waals surface area contributed by atoms with Crippen LogP contribution in [0.4, 0.5) is 4.79 Å². The van der Waals surface area contributed by atoms with Gasteiger partial charge in [0, 0.05) is 18.3 Å². The predicted octanol–water partition coefficient (Wildman–Crippen LogP) is 1.66. The van der Waals surface area contributed by atoms with E-state index in [0.717, 1.165) is 19.4 Å². The number of urea groups is 1. The minimum Gasteiger partial charge on any atom is -0.480 e. The Labute approximate surface area is 131 Å². The highest BCUT2D eigenvalue weighted by atomic mass is 32.2. The van der Waals surface area contributed by atoms with Crippen molar-refractivity contribution in [3.8, 4) is 0 Å². The maximum absolute atomic E-state index is 12.1. The van der Waals surface area contributed by atoms with Gasteiger partial charge in [-0.1, -0.05) is 0 Å². The molecule has 6 nitrogen and oxygen atoms in total. The van der Waals surface area contributed by atoms with Crippen LogP contribution in [0.2, 0.25) is 0 Å². The van der Waals surface area contributed by atoms with Crippen molar-refractivity contribution >= 4 is 23.8 Å². The first-order chi connectivity index (χ1) is 9.84. The van der Waals surface area contributed by atoms with Crippen molar-refractivity contribution in [1.29, 1.82) is 0 Å². The van der Waals surface area contributed by atoms with Crippen LogP contribution in [0.15, 0.2) is 0 Å². The average molecular weight is 317 g/mol. The van der Waals surface area contributed by atoms with Crippen LogP contribution in [0.5, 0.6) is 0 Å². The molecule has 1 rings (SSSR count). The average Bonchev–Trinajstić information content (AvgIpc) is 2.79. The zero-order chi connectivity index (χ0) is 16.0. The van der Waals surface area contributed by atoms with E-state index in [2.05, 4.69) is 31.1 Å². The smallest absolute Gasteiger partial charge is 0.327 e. The van der Waals surface area contributed by atoms with Crippen LogP contribution in [0.25, 0.3) is 0 Å². The second kappa shape index (κ2) is 8.48. The van der Waals surface area contributed by atoms with Gasteiger partial charge in [0.15, 0.2) is 0 Å². The molecule has 21 heavy (non-hydrogen) atoms. The number of unbranched alkanes of at least 4 members (excludes halogenated alkanes) is 1. The Bertz CT molecular complexity index is 365. The van der Waals surface area contributed by atoms with Crippen molar-refractivity contribution in [2.75, 3.05) is 25.9 Å². The Morgan fingerprint density at radius 3 is 2.67 bits per heavy atom. The van der Waals surface area contributed by atoms with Crippen LogP contribution in [0.1, 0.15) is 33.6 Å². The van der Waals surface area contributed by atoms with Crippen LogP contribution in [-0.2, 0) is 4.79 Å². The maximum atomic E-state index is 12.1. The maximum Gasteiger partial charge on any atom is 0.327 e. The summed E-state index contributed by atoms with van der Waals surface area (Å²) in [5.41, 5.74) is 0. The van der Waals surface area contributed by atoms with Crippen LogP contribution in [0.3, 0.4) is 0 Å². The Balaban J connectivity index is 2.28. The summed E-state index contributed by atoms with van der Waals surface area (Å²) < 4.78 is 0. The van der Waals surface area contributed by atoms with Crippen LogP contribution in [0, 0.1) is 0 Å². The summed E-state index contributed by atoms with van der Waals surface area (Å²) in [7, 11) is 2.09. The van der Waals surface area contributed by atoms with E-state index in [0.29, 0.717) is 18.3 Å². The molecule has 2 N–H and O–H groups in total. The van der Waals surface area contributed by atoms with Gasteiger partial charge in [0.25, 0.3) is 0 Å². The lowest BCUT2D eigenvalue weighted by molar-refractivity contribution is -0.141. The van der Waals surface area contributed by atoms with E-state index in [1.807, 2.05) is 6.92 Å². The van der Waals surface area contributed by atoms with Gasteiger partial charge >= 0.3 is 12.0 Å². The third-order valence-corrected chi connectivity index (χ3v) is 5.06. The number of nitrogens with one attached hydrogen (secondary N) is 1. The minimum absolute atomic E-state index is 0.0850. The lowest BCUT2D eigenvalue weighted by Crippen LogP contribution is -2.49. The van der Waals surface area contributed by atoms with E-state index >= 15 is 0 Å². The van der Waals surface area contributed by atoms with Gasteiger partial charge < -0.3 is 15.3 Å². The molecule has 1 aliphatic rings. The molecule has 2 atom stereocenters. The Morgan fingerprint density at radius 2 is 2.10 bits per heavy atom. The number of carboxylic acids is 1. The molecule has 0 spiro atoms. The van der Waals surface area contributed by atoms with Gasteiger partial charge in [-0.05, 0) is 47.2 Å². The topological polar surface area (TPSA) is 72.9 Å². The van der Waals surface area contributed by atoms with Crippen molar-refractivity contribution in [2.45, 2.75) is 51.1 Å². The summed E-state index contributed by atoms with van der Waals surface area (Å²) in [4.78, 5) is 26.9. The molecule has 0 bridgehead atoms. The quantitative estimate of drug-likeness (QED) is 0.699. The Morgan fingerprint density at radius 1 is 1.43 bits per heavy atom. The molecule has 0 saturated carbocycles. The van der Waals surface area contributed by atoms with Crippen LogP contribution in [-0.4, -0.2) is 70.3 Å². The number of carboxylic acid groups (broad SMARTS) is 1. The van der Waals surface area contributed by atoms with E-state index in [1.54, 1.807) is 0 Å². The summed E-state index contributed by atoms with van der Waals surface area (Å²) in [6.07, 6.45) is 1.91. The molecule has 2 amide bonds. The molecular formula is C14H27N3O3S. The molecule has 0 radical (unpaired) electrons. The first kappa shape index (κ1) is 18.1.